The van der Waals surface area contributed by atoms with Crippen molar-refractivity contribution in [2.75, 3.05) is 25.6 Å². The van der Waals surface area contributed by atoms with Crippen molar-refractivity contribution in [1.29, 1.82) is 5.26 Å². The van der Waals surface area contributed by atoms with Crippen molar-refractivity contribution in [3.63, 3.8) is 0 Å². The summed E-state index contributed by atoms with van der Waals surface area (Å²) in [5, 5.41) is 21.1. The average Bonchev–Trinajstić information content (AvgIpc) is 2.27. The summed E-state index contributed by atoms with van der Waals surface area (Å²) in [4.78, 5) is 0. The van der Waals surface area contributed by atoms with Crippen LogP contribution in [-0.4, -0.2) is 31.5 Å². The third kappa shape index (κ3) is 3.98. The van der Waals surface area contributed by atoms with Gasteiger partial charge in [-0.1, -0.05) is 6.07 Å². The first kappa shape index (κ1) is 11.5. The Bertz CT molecular complexity index is 347. The lowest BCUT2D eigenvalue weighted by Crippen LogP contribution is -2.24. The van der Waals surface area contributed by atoms with Crippen LogP contribution in [0.1, 0.15) is 5.56 Å². The first-order chi connectivity index (χ1) is 7.26. The molecule has 15 heavy (non-hydrogen) atoms. The van der Waals surface area contributed by atoms with Crippen molar-refractivity contribution in [3.8, 4) is 6.07 Å². The minimum atomic E-state index is -0.541. The normalized spacial score (nSPS) is 11.8. The Morgan fingerprint density at radius 3 is 3.07 bits per heavy atom. The molecule has 0 amide bonds. The maximum absolute atomic E-state index is 9.38. The highest BCUT2D eigenvalue weighted by molar-refractivity contribution is 5.49. The first-order valence-corrected chi connectivity index (χ1v) is 4.67. The maximum Gasteiger partial charge on any atom is 0.0992 e. The molecule has 2 N–H and O–H groups in total. The van der Waals surface area contributed by atoms with E-state index in [0.717, 1.165) is 5.69 Å². The van der Waals surface area contributed by atoms with Crippen LogP contribution in [0.25, 0.3) is 0 Å². The van der Waals surface area contributed by atoms with Gasteiger partial charge in [-0.25, -0.2) is 0 Å². The van der Waals surface area contributed by atoms with E-state index >= 15 is 0 Å². The van der Waals surface area contributed by atoms with E-state index in [1.807, 2.05) is 6.07 Å². The van der Waals surface area contributed by atoms with E-state index in [9.17, 15) is 5.11 Å². The number of benzene rings is 1. The van der Waals surface area contributed by atoms with Gasteiger partial charge in [-0.2, -0.15) is 5.26 Å². The van der Waals surface area contributed by atoms with Crippen LogP contribution in [0.4, 0.5) is 5.69 Å². The fourth-order valence-electron chi connectivity index (χ4n) is 1.19. The fraction of sp³-hybridized carbons (Fsp3) is 0.364. The molecule has 4 heteroatoms. The SMILES string of the molecule is COCC(O)CNc1cccc(C#N)c1. The van der Waals surface area contributed by atoms with E-state index in [4.69, 9.17) is 10.00 Å². The maximum atomic E-state index is 9.38. The number of rotatable bonds is 5. The molecule has 1 unspecified atom stereocenters. The zero-order chi connectivity index (χ0) is 11.1. The highest BCUT2D eigenvalue weighted by Crippen LogP contribution is 2.09. The van der Waals surface area contributed by atoms with Gasteiger partial charge >= 0.3 is 0 Å². The van der Waals surface area contributed by atoms with Crippen LogP contribution in [0.3, 0.4) is 0 Å². The smallest absolute Gasteiger partial charge is 0.0992 e. The summed E-state index contributed by atoms with van der Waals surface area (Å²) in [6.07, 6.45) is -0.541. The lowest BCUT2D eigenvalue weighted by atomic mass is 10.2. The molecule has 1 rings (SSSR count). The van der Waals surface area contributed by atoms with Gasteiger partial charge in [-0.3, -0.25) is 0 Å². The lowest BCUT2D eigenvalue weighted by molar-refractivity contribution is 0.0727. The van der Waals surface area contributed by atoms with Crippen molar-refractivity contribution in [2.24, 2.45) is 0 Å². The second-order valence-corrected chi connectivity index (χ2v) is 3.18. The third-order valence-electron chi connectivity index (χ3n) is 1.89. The number of aliphatic hydroxyl groups is 1. The number of anilines is 1. The number of methoxy groups -OCH3 is 1. The molecule has 0 radical (unpaired) electrons. The molecule has 0 aliphatic heterocycles. The number of nitrogens with one attached hydrogen (secondary N) is 1. The van der Waals surface area contributed by atoms with Gasteiger partial charge in [0, 0.05) is 19.3 Å². The standard InChI is InChI=1S/C11H14N2O2/c1-15-8-11(14)7-13-10-4-2-3-9(5-10)6-12/h2-5,11,13-14H,7-8H2,1H3. The molecule has 1 aromatic carbocycles. The van der Waals surface area contributed by atoms with Crippen LogP contribution in [0.15, 0.2) is 24.3 Å². The van der Waals surface area contributed by atoms with Gasteiger partial charge in [-0.05, 0) is 18.2 Å². The summed E-state index contributed by atoms with van der Waals surface area (Å²) in [5.41, 5.74) is 1.42. The number of hydrogen-bond acceptors (Lipinski definition) is 4. The van der Waals surface area contributed by atoms with Gasteiger partial charge in [0.25, 0.3) is 0 Å². The number of hydrogen-bond donors (Lipinski definition) is 2. The molecule has 1 aromatic rings. The van der Waals surface area contributed by atoms with Crippen molar-refractivity contribution in [3.05, 3.63) is 29.8 Å². The lowest BCUT2D eigenvalue weighted by Gasteiger charge is -2.11. The van der Waals surface area contributed by atoms with Gasteiger partial charge in [0.15, 0.2) is 0 Å². The van der Waals surface area contributed by atoms with Crippen molar-refractivity contribution >= 4 is 5.69 Å². The van der Waals surface area contributed by atoms with E-state index in [-0.39, 0.29) is 0 Å². The Morgan fingerprint density at radius 2 is 2.40 bits per heavy atom. The van der Waals surface area contributed by atoms with E-state index in [1.165, 1.54) is 0 Å². The van der Waals surface area contributed by atoms with Gasteiger partial charge in [0.05, 0.1) is 24.3 Å². The first-order valence-electron chi connectivity index (χ1n) is 4.67. The second-order valence-electron chi connectivity index (χ2n) is 3.18. The third-order valence-corrected chi connectivity index (χ3v) is 1.89. The molecule has 0 fully saturated rings. The van der Waals surface area contributed by atoms with Gasteiger partial charge < -0.3 is 15.2 Å². The monoisotopic (exact) mass is 206 g/mol. The zero-order valence-electron chi connectivity index (χ0n) is 8.60. The highest BCUT2D eigenvalue weighted by atomic mass is 16.5. The molecule has 0 aliphatic carbocycles. The molecule has 0 bridgehead atoms. The van der Waals surface area contributed by atoms with Crippen LogP contribution in [0.2, 0.25) is 0 Å². The molecule has 0 saturated heterocycles. The van der Waals surface area contributed by atoms with Crippen LogP contribution in [-0.2, 0) is 4.74 Å². The summed E-state index contributed by atoms with van der Waals surface area (Å²) >= 11 is 0. The van der Waals surface area contributed by atoms with Crippen molar-refractivity contribution in [2.45, 2.75) is 6.10 Å². The molecular weight excluding hydrogens is 192 g/mol. The molecular formula is C11H14N2O2. The Hall–Kier alpha value is -1.57. The Kier molecular flexibility index (Phi) is 4.61. The van der Waals surface area contributed by atoms with E-state index in [0.29, 0.717) is 18.7 Å². The summed E-state index contributed by atoms with van der Waals surface area (Å²) in [6.45, 7) is 0.702. The number of ether oxygens (including phenoxy) is 1. The highest BCUT2D eigenvalue weighted by Gasteiger charge is 2.02. The van der Waals surface area contributed by atoms with Crippen molar-refractivity contribution < 1.29 is 9.84 Å². The van der Waals surface area contributed by atoms with Gasteiger partial charge in [0.2, 0.25) is 0 Å². The van der Waals surface area contributed by atoms with E-state index in [2.05, 4.69) is 11.4 Å². The predicted molar refractivity (Wildman–Crippen MR) is 57.5 cm³/mol. The van der Waals surface area contributed by atoms with Crippen LogP contribution in [0, 0.1) is 11.3 Å². The van der Waals surface area contributed by atoms with E-state index < -0.39 is 6.10 Å². The zero-order valence-corrected chi connectivity index (χ0v) is 8.60. The number of aliphatic hydroxyl groups excluding tert-OH is 1. The Balaban J connectivity index is 2.47. The molecule has 1 atom stereocenters. The molecule has 0 saturated carbocycles. The Morgan fingerprint density at radius 1 is 1.60 bits per heavy atom. The van der Waals surface area contributed by atoms with Gasteiger partial charge in [0.1, 0.15) is 0 Å². The quantitative estimate of drug-likeness (QED) is 0.753. The summed E-state index contributed by atoms with van der Waals surface area (Å²) in [7, 11) is 1.54. The largest absolute Gasteiger partial charge is 0.389 e. The number of nitrogens with zero attached hydrogens (tertiary/aromatic N) is 1. The van der Waals surface area contributed by atoms with Crippen LogP contribution in [0.5, 0.6) is 0 Å². The molecule has 80 valence electrons. The minimum absolute atomic E-state index is 0.297. The summed E-state index contributed by atoms with van der Waals surface area (Å²) in [6, 6.07) is 9.16. The van der Waals surface area contributed by atoms with Crippen LogP contribution >= 0.6 is 0 Å². The molecule has 4 nitrogen and oxygen atoms in total. The summed E-state index contributed by atoms with van der Waals surface area (Å²) in [5.74, 6) is 0. The molecule has 0 aliphatic rings. The Labute approximate surface area is 89.1 Å². The molecule has 0 spiro atoms. The van der Waals surface area contributed by atoms with Crippen LogP contribution < -0.4 is 5.32 Å². The minimum Gasteiger partial charge on any atom is -0.389 e. The number of nitriles is 1. The topological polar surface area (TPSA) is 65.3 Å². The predicted octanol–water partition coefficient (Wildman–Crippen LogP) is 0.977. The summed E-state index contributed by atoms with van der Waals surface area (Å²) < 4.78 is 4.79. The molecule has 0 aromatic heterocycles. The second kappa shape index (κ2) is 6.02. The van der Waals surface area contributed by atoms with Gasteiger partial charge in [-0.15, -0.1) is 0 Å². The molecule has 0 heterocycles. The van der Waals surface area contributed by atoms with E-state index in [1.54, 1.807) is 25.3 Å². The average molecular weight is 206 g/mol. The van der Waals surface area contributed by atoms with Crippen molar-refractivity contribution in [1.82, 2.24) is 0 Å². The fourth-order valence-corrected chi connectivity index (χ4v) is 1.19.